The van der Waals surface area contributed by atoms with Crippen LogP contribution >= 0.6 is 0 Å². The van der Waals surface area contributed by atoms with Crippen molar-refractivity contribution in [3.05, 3.63) is 30.1 Å². The Bertz CT molecular complexity index is 282. The van der Waals surface area contributed by atoms with E-state index in [9.17, 15) is 0 Å². The van der Waals surface area contributed by atoms with E-state index in [1.165, 1.54) is 0 Å². The van der Waals surface area contributed by atoms with Crippen LogP contribution in [0.5, 0.6) is 0 Å². The molecule has 0 unspecified atom stereocenters. The quantitative estimate of drug-likeness (QED) is 0.586. The predicted molar refractivity (Wildman–Crippen MR) is 58.3 cm³/mol. The zero-order valence-electron chi connectivity index (χ0n) is 8.83. The van der Waals surface area contributed by atoms with Crippen LogP contribution in [0.1, 0.15) is 25.3 Å². The van der Waals surface area contributed by atoms with Crippen molar-refractivity contribution in [2.75, 3.05) is 7.05 Å². The molecule has 14 heavy (non-hydrogen) atoms. The minimum absolute atomic E-state index is 0.691. The van der Waals surface area contributed by atoms with E-state index >= 15 is 0 Å². The van der Waals surface area contributed by atoms with Crippen LogP contribution in [0.2, 0.25) is 0 Å². The van der Waals surface area contributed by atoms with Crippen LogP contribution in [0.3, 0.4) is 0 Å². The molecular weight excluding hydrogens is 174 g/mol. The van der Waals surface area contributed by atoms with Gasteiger partial charge in [0.1, 0.15) is 0 Å². The lowest BCUT2D eigenvalue weighted by atomic mass is 10.2. The van der Waals surface area contributed by atoms with E-state index in [1.54, 1.807) is 6.20 Å². The van der Waals surface area contributed by atoms with Gasteiger partial charge in [0.2, 0.25) is 0 Å². The first kappa shape index (κ1) is 10.7. The van der Waals surface area contributed by atoms with Crippen LogP contribution < -0.4 is 0 Å². The van der Waals surface area contributed by atoms with Crippen LogP contribution in [-0.4, -0.2) is 22.8 Å². The van der Waals surface area contributed by atoms with Gasteiger partial charge in [0.25, 0.3) is 0 Å². The zero-order valence-corrected chi connectivity index (χ0v) is 8.83. The van der Waals surface area contributed by atoms with Crippen molar-refractivity contribution < 1.29 is 0 Å². The maximum absolute atomic E-state index is 7.75. The minimum Gasteiger partial charge on any atom is -0.359 e. The first-order valence-electron chi connectivity index (χ1n) is 4.91. The highest BCUT2D eigenvalue weighted by Crippen LogP contribution is 2.03. The normalized spacial score (nSPS) is 9.86. The van der Waals surface area contributed by atoms with Gasteiger partial charge in [-0.15, -0.1) is 0 Å². The van der Waals surface area contributed by atoms with Crippen LogP contribution in [0.25, 0.3) is 0 Å². The summed E-state index contributed by atoms with van der Waals surface area (Å²) in [4.78, 5) is 6.00. The van der Waals surface area contributed by atoms with Gasteiger partial charge in [-0.1, -0.05) is 13.0 Å². The van der Waals surface area contributed by atoms with Crippen molar-refractivity contribution in [1.29, 1.82) is 5.41 Å². The lowest BCUT2D eigenvalue weighted by Gasteiger charge is -2.19. The molecule has 0 aliphatic rings. The van der Waals surface area contributed by atoms with Gasteiger partial charge in [0.15, 0.2) is 0 Å². The second-order valence-electron chi connectivity index (χ2n) is 3.41. The molecule has 0 atom stereocenters. The summed E-state index contributed by atoms with van der Waals surface area (Å²) in [6.07, 6.45) is 5.48. The van der Waals surface area contributed by atoms with Gasteiger partial charge in [-0.05, 0) is 18.1 Å². The molecule has 3 nitrogen and oxygen atoms in total. The smallest absolute Gasteiger partial charge is 0.0957 e. The molecule has 1 rings (SSSR count). The number of hydrogen-bond donors (Lipinski definition) is 1. The van der Waals surface area contributed by atoms with Gasteiger partial charge in [0.05, 0.1) is 5.84 Å². The molecule has 1 aromatic heterocycles. The number of pyridine rings is 1. The van der Waals surface area contributed by atoms with Crippen molar-refractivity contribution in [2.45, 2.75) is 26.3 Å². The van der Waals surface area contributed by atoms with Crippen molar-refractivity contribution >= 4 is 5.84 Å². The SMILES string of the molecule is CCCC(=N)N(C)Cc1cccnc1. The Balaban J connectivity index is 2.49. The lowest BCUT2D eigenvalue weighted by Crippen LogP contribution is -2.25. The fraction of sp³-hybridized carbons (Fsp3) is 0.455. The number of aromatic nitrogens is 1. The topological polar surface area (TPSA) is 40.0 Å². The molecule has 0 saturated heterocycles. The number of amidine groups is 1. The average Bonchev–Trinajstić information content (AvgIpc) is 2.19. The second kappa shape index (κ2) is 5.37. The largest absolute Gasteiger partial charge is 0.359 e. The molecule has 3 heteroatoms. The molecule has 0 fully saturated rings. The highest BCUT2D eigenvalue weighted by Gasteiger charge is 2.03. The lowest BCUT2D eigenvalue weighted by molar-refractivity contribution is 0.482. The van der Waals surface area contributed by atoms with E-state index in [1.807, 2.05) is 30.3 Å². The Morgan fingerprint density at radius 3 is 2.93 bits per heavy atom. The molecule has 0 saturated carbocycles. The fourth-order valence-electron chi connectivity index (χ4n) is 1.29. The van der Waals surface area contributed by atoms with Crippen molar-refractivity contribution in [2.24, 2.45) is 0 Å². The summed E-state index contributed by atoms with van der Waals surface area (Å²) in [5.74, 6) is 0.691. The van der Waals surface area contributed by atoms with Gasteiger partial charge >= 0.3 is 0 Å². The van der Waals surface area contributed by atoms with Crippen molar-refractivity contribution in [3.63, 3.8) is 0 Å². The minimum atomic E-state index is 0.691. The van der Waals surface area contributed by atoms with Crippen molar-refractivity contribution in [1.82, 2.24) is 9.88 Å². The van der Waals surface area contributed by atoms with Crippen LogP contribution in [0.4, 0.5) is 0 Å². The molecule has 0 aromatic carbocycles. The highest BCUT2D eigenvalue weighted by atomic mass is 15.1. The number of nitrogens with zero attached hydrogens (tertiary/aromatic N) is 2. The molecule has 1 aromatic rings. The van der Waals surface area contributed by atoms with E-state index in [4.69, 9.17) is 5.41 Å². The third kappa shape index (κ3) is 3.17. The molecule has 0 amide bonds. The molecule has 76 valence electrons. The van der Waals surface area contributed by atoms with Crippen LogP contribution in [0.15, 0.2) is 24.5 Å². The molecule has 0 bridgehead atoms. The standard InChI is InChI=1S/C11H17N3/c1-3-5-11(12)14(2)9-10-6-4-7-13-8-10/h4,6-8,12H,3,5,9H2,1-2H3. The summed E-state index contributed by atoms with van der Waals surface area (Å²) in [5, 5.41) is 7.75. The average molecular weight is 191 g/mol. The van der Waals surface area contributed by atoms with E-state index < -0.39 is 0 Å². The highest BCUT2D eigenvalue weighted by molar-refractivity contribution is 5.78. The van der Waals surface area contributed by atoms with Crippen LogP contribution in [0, 0.1) is 5.41 Å². The summed E-state index contributed by atoms with van der Waals surface area (Å²) in [5.41, 5.74) is 1.15. The molecule has 0 aliphatic carbocycles. The Hall–Kier alpha value is -1.38. The zero-order chi connectivity index (χ0) is 10.4. The molecule has 1 N–H and O–H groups in total. The molecule has 1 heterocycles. The van der Waals surface area contributed by atoms with Crippen molar-refractivity contribution in [3.8, 4) is 0 Å². The Kier molecular flexibility index (Phi) is 4.11. The van der Waals surface area contributed by atoms with Gasteiger partial charge in [0, 0.05) is 32.4 Å². The summed E-state index contributed by atoms with van der Waals surface area (Å²) in [6.45, 7) is 2.86. The van der Waals surface area contributed by atoms with E-state index in [-0.39, 0.29) is 0 Å². The van der Waals surface area contributed by atoms with E-state index in [0.29, 0.717) is 5.84 Å². The number of rotatable bonds is 4. The fourth-order valence-corrected chi connectivity index (χ4v) is 1.29. The Morgan fingerprint density at radius 1 is 1.57 bits per heavy atom. The summed E-state index contributed by atoms with van der Waals surface area (Å²) in [7, 11) is 1.95. The Labute approximate surface area is 85.3 Å². The third-order valence-electron chi connectivity index (χ3n) is 2.09. The molecule has 0 spiro atoms. The van der Waals surface area contributed by atoms with E-state index in [2.05, 4.69) is 11.9 Å². The predicted octanol–water partition coefficient (Wildman–Crippen LogP) is 2.29. The molecular formula is C11H17N3. The summed E-state index contributed by atoms with van der Waals surface area (Å²) < 4.78 is 0. The van der Waals surface area contributed by atoms with Gasteiger partial charge < -0.3 is 4.90 Å². The first-order valence-corrected chi connectivity index (χ1v) is 4.91. The monoisotopic (exact) mass is 191 g/mol. The van der Waals surface area contributed by atoms with Crippen LogP contribution in [-0.2, 0) is 6.54 Å². The summed E-state index contributed by atoms with van der Waals surface area (Å²) >= 11 is 0. The molecule has 0 radical (unpaired) electrons. The van der Waals surface area contributed by atoms with Gasteiger partial charge in [-0.3, -0.25) is 10.4 Å². The molecule has 0 aliphatic heterocycles. The van der Waals surface area contributed by atoms with Gasteiger partial charge in [-0.25, -0.2) is 0 Å². The number of hydrogen-bond acceptors (Lipinski definition) is 2. The number of nitrogens with one attached hydrogen (secondary N) is 1. The third-order valence-corrected chi connectivity index (χ3v) is 2.09. The second-order valence-corrected chi connectivity index (χ2v) is 3.41. The maximum atomic E-state index is 7.75. The summed E-state index contributed by atoms with van der Waals surface area (Å²) in [6, 6.07) is 3.95. The van der Waals surface area contributed by atoms with E-state index in [0.717, 1.165) is 24.9 Å². The van der Waals surface area contributed by atoms with Gasteiger partial charge in [-0.2, -0.15) is 0 Å². The first-order chi connectivity index (χ1) is 6.74. The Morgan fingerprint density at radius 2 is 2.36 bits per heavy atom. The maximum Gasteiger partial charge on any atom is 0.0957 e.